The summed E-state index contributed by atoms with van der Waals surface area (Å²) < 4.78 is 0.576. The Kier molecular flexibility index (Phi) is 2.42. The van der Waals surface area contributed by atoms with E-state index in [9.17, 15) is 0 Å². The lowest BCUT2D eigenvalue weighted by Gasteiger charge is -2.05. The molecule has 0 amide bonds. The van der Waals surface area contributed by atoms with Gasteiger partial charge >= 0.3 is 0 Å². The molecular weight excluding hydrogens is 230 g/mol. The lowest BCUT2D eigenvalue weighted by Crippen LogP contribution is -1.88. The second kappa shape index (κ2) is 4.07. The molecule has 1 N–H and O–H groups in total. The predicted molar refractivity (Wildman–Crippen MR) is 70.2 cm³/mol. The van der Waals surface area contributed by atoms with Crippen molar-refractivity contribution in [3.8, 4) is 11.3 Å². The smallest absolute Gasteiger partial charge is 0.130 e. The van der Waals surface area contributed by atoms with Crippen molar-refractivity contribution >= 4 is 23.1 Å². The number of rotatable bonds is 1. The third-order valence-corrected chi connectivity index (χ3v) is 2.83. The Balaban J connectivity index is 2.34. The van der Waals surface area contributed by atoms with Crippen LogP contribution in [0.3, 0.4) is 0 Å². The van der Waals surface area contributed by atoms with E-state index >= 15 is 0 Å². The van der Waals surface area contributed by atoms with Gasteiger partial charge in [-0.3, -0.25) is 4.98 Å². The Bertz CT molecular complexity index is 728. The summed E-state index contributed by atoms with van der Waals surface area (Å²) in [6.45, 7) is 0. The Hall–Kier alpha value is -2.07. The highest BCUT2D eigenvalue weighted by Crippen LogP contribution is 2.24. The van der Waals surface area contributed by atoms with E-state index in [1.54, 1.807) is 12.5 Å². The first-order valence-corrected chi connectivity index (χ1v) is 5.64. The Morgan fingerprint density at radius 2 is 1.94 bits per heavy atom. The molecule has 0 aliphatic rings. The van der Waals surface area contributed by atoms with Gasteiger partial charge in [-0.15, -0.1) is 0 Å². The first kappa shape index (κ1) is 10.1. The third-order valence-electron chi connectivity index (χ3n) is 2.60. The van der Waals surface area contributed by atoms with Crippen LogP contribution in [-0.4, -0.2) is 15.0 Å². The lowest BCUT2D eigenvalue weighted by molar-refractivity contribution is 1.16. The van der Waals surface area contributed by atoms with Crippen LogP contribution in [-0.2, 0) is 0 Å². The Morgan fingerprint density at radius 1 is 1.06 bits per heavy atom. The average Bonchev–Trinajstić information content (AvgIpc) is 2.38. The van der Waals surface area contributed by atoms with Crippen LogP contribution in [0.2, 0.25) is 0 Å². The van der Waals surface area contributed by atoms with Gasteiger partial charge in [-0.05, 0) is 12.1 Å². The zero-order valence-corrected chi connectivity index (χ0v) is 9.74. The van der Waals surface area contributed by atoms with Gasteiger partial charge in [0.2, 0.25) is 0 Å². The van der Waals surface area contributed by atoms with E-state index in [1.807, 2.05) is 36.4 Å². The number of pyridine rings is 1. The number of nitrogens with one attached hydrogen (secondary N) is 1. The fraction of sp³-hybridized carbons (Fsp3) is 0. The van der Waals surface area contributed by atoms with Crippen LogP contribution in [0.5, 0.6) is 0 Å². The fourth-order valence-electron chi connectivity index (χ4n) is 1.84. The maximum absolute atomic E-state index is 5.07. The number of aromatic amines is 1. The van der Waals surface area contributed by atoms with Gasteiger partial charge in [-0.1, -0.05) is 36.5 Å². The van der Waals surface area contributed by atoms with E-state index in [0.717, 1.165) is 22.2 Å². The molecule has 0 spiro atoms. The fourth-order valence-corrected chi connectivity index (χ4v) is 2.02. The maximum Gasteiger partial charge on any atom is 0.130 e. The summed E-state index contributed by atoms with van der Waals surface area (Å²) in [7, 11) is 0. The minimum atomic E-state index is 0.576. The Labute approximate surface area is 103 Å². The van der Waals surface area contributed by atoms with Crippen molar-refractivity contribution in [1.82, 2.24) is 15.0 Å². The molecule has 0 atom stereocenters. The molecule has 0 radical (unpaired) electrons. The monoisotopic (exact) mass is 239 g/mol. The summed E-state index contributed by atoms with van der Waals surface area (Å²) in [6, 6.07) is 11.9. The molecular formula is C13H9N3S. The van der Waals surface area contributed by atoms with Gasteiger partial charge in [-0.25, -0.2) is 4.98 Å². The van der Waals surface area contributed by atoms with E-state index in [2.05, 4.69) is 15.0 Å². The van der Waals surface area contributed by atoms with Crippen LogP contribution in [0.1, 0.15) is 0 Å². The van der Waals surface area contributed by atoms with Crippen LogP contribution < -0.4 is 0 Å². The molecule has 2 aromatic heterocycles. The zero-order valence-electron chi connectivity index (χ0n) is 8.92. The van der Waals surface area contributed by atoms with Gasteiger partial charge < -0.3 is 4.98 Å². The zero-order chi connectivity index (χ0) is 11.7. The molecule has 0 aliphatic carbocycles. The van der Waals surface area contributed by atoms with Crippen LogP contribution in [0.4, 0.5) is 0 Å². The SMILES string of the molecule is S=c1cc(-c2cccc3cccnc23)[nH]cn1. The van der Waals surface area contributed by atoms with Gasteiger partial charge in [0.05, 0.1) is 17.5 Å². The maximum atomic E-state index is 5.07. The normalized spacial score (nSPS) is 10.6. The molecule has 0 bridgehead atoms. The molecule has 3 nitrogen and oxygen atoms in total. The minimum absolute atomic E-state index is 0.576. The highest BCUT2D eigenvalue weighted by Gasteiger charge is 2.04. The largest absolute Gasteiger partial charge is 0.346 e. The number of aromatic nitrogens is 3. The van der Waals surface area contributed by atoms with Gasteiger partial charge in [0.1, 0.15) is 4.64 Å². The first-order chi connectivity index (χ1) is 8.34. The van der Waals surface area contributed by atoms with Crippen molar-refractivity contribution in [2.45, 2.75) is 0 Å². The van der Waals surface area contributed by atoms with E-state index in [1.165, 1.54) is 0 Å². The lowest BCUT2D eigenvalue weighted by atomic mass is 10.1. The molecule has 82 valence electrons. The van der Waals surface area contributed by atoms with E-state index in [4.69, 9.17) is 12.2 Å². The molecule has 0 saturated carbocycles. The van der Waals surface area contributed by atoms with Crippen LogP contribution in [0.25, 0.3) is 22.2 Å². The molecule has 0 fully saturated rings. The van der Waals surface area contributed by atoms with E-state index in [0.29, 0.717) is 4.64 Å². The second-order valence-corrected chi connectivity index (χ2v) is 4.10. The van der Waals surface area contributed by atoms with E-state index in [-0.39, 0.29) is 0 Å². The molecule has 3 rings (SSSR count). The molecule has 0 saturated heterocycles. The summed E-state index contributed by atoms with van der Waals surface area (Å²) in [5.74, 6) is 0. The topological polar surface area (TPSA) is 41.6 Å². The number of nitrogens with zero attached hydrogens (tertiary/aromatic N) is 2. The summed E-state index contributed by atoms with van der Waals surface area (Å²) >= 11 is 5.07. The van der Waals surface area contributed by atoms with Crippen molar-refractivity contribution in [2.75, 3.05) is 0 Å². The quantitative estimate of drug-likeness (QED) is 0.662. The third kappa shape index (κ3) is 1.83. The summed E-state index contributed by atoms with van der Waals surface area (Å²) in [5, 5.41) is 1.11. The van der Waals surface area contributed by atoms with Crippen LogP contribution in [0, 0.1) is 4.64 Å². The molecule has 3 aromatic rings. The number of benzene rings is 1. The molecule has 17 heavy (non-hydrogen) atoms. The average molecular weight is 239 g/mol. The van der Waals surface area contributed by atoms with Gasteiger partial charge in [0, 0.05) is 17.1 Å². The number of hydrogen-bond donors (Lipinski definition) is 1. The molecule has 4 heteroatoms. The number of para-hydroxylation sites is 1. The molecule has 2 heterocycles. The van der Waals surface area contributed by atoms with Crippen molar-refractivity contribution < 1.29 is 0 Å². The highest BCUT2D eigenvalue weighted by atomic mass is 32.1. The number of hydrogen-bond acceptors (Lipinski definition) is 3. The van der Waals surface area contributed by atoms with Crippen molar-refractivity contribution in [1.29, 1.82) is 0 Å². The second-order valence-electron chi connectivity index (χ2n) is 3.68. The van der Waals surface area contributed by atoms with Crippen molar-refractivity contribution in [2.24, 2.45) is 0 Å². The Morgan fingerprint density at radius 3 is 2.82 bits per heavy atom. The standard InChI is InChI=1S/C13H9N3S/c17-12-7-11(15-8-16-12)10-5-1-3-9-4-2-6-14-13(9)10/h1-8H,(H,15,16,17). The van der Waals surface area contributed by atoms with Crippen LogP contribution >= 0.6 is 12.2 Å². The van der Waals surface area contributed by atoms with Gasteiger partial charge in [0.15, 0.2) is 0 Å². The first-order valence-electron chi connectivity index (χ1n) is 5.23. The summed E-state index contributed by atoms with van der Waals surface area (Å²) in [6.07, 6.45) is 3.40. The highest BCUT2D eigenvalue weighted by molar-refractivity contribution is 7.71. The minimum Gasteiger partial charge on any atom is -0.346 e. The molecule has 0 unspecified atom stereocenters. The summed E-state index contributed by atoms with van der Waals surface area (Å²) in [4.78, 5) is 11.5. The predicted octanol–water partition coefficient (Wildman–Crippen LogP) is 3.35. The van der Waals surface area contributed by atoms with Crippen molar-refractivity contribution in [3.05, 3.63) is 53.6 Å². The van der Waals surface area contributed by atoms with Crippen molar-refractivity contribution in [3.63, 3.8) is 0 Å². The van der Waals surface area contributed by atoms with Gasteiger partial charge in [-0.2, -0.15) is 0 Å². The number of fused-ring (bicyclic) bond motifs is 1. The van der Waals surface area contributed by atoms with Crippen LogP contribution in [0.15, 0.2) is 48.9 Å². The summed E-state index contributed by atoms with van der Waals surface area (Å²) in [5.41, 5.74) is 2.94. The van der Waals surface area contributed by atoms with E-state index < -0.39 is 0 Å². The molecule has 1 aromatic carbocycles. The van der Waals surface area contributed by atoms with Gasteiger partial charge in [0.25, 0.3) is 0 Å². The molecule has 0 aliphatic heterocycles. The number of H-pyrrole nitrogens is 1.